The van der Waals surface area contributed by atoms with E-state index in [-0.39, 0.29) is 5.69 Å². The van der Waals surface area contributed by atoms with Crippen molar-refractivity contribution in [3.05, 3.63) is 93.5 Å². The Balaban J connectivity index is 1.44. The minimum absolute atomic E-state index is 0.0448. The zero-order valence-corrected chi connectivity index (χ0v) is 18.4. The molecule has 1 aliphatic rings. The second-order valence-electron chi connectivity index (χ2n) is 8.75. The van der Waals surface area contributed by atoms with Crippen molar-refractivity contribution in [1.29, 1.82) is 0 Å². The van der Waals surface area contributed by atoms with Crippen LogP contribution in [0.3, 0.4) is 0 Å². The number of hydrogen-bond acceptors (Lipinski definition) is 4. The molecule has 0 radical (unpaired) electrons. The highest BCUT2D eigenvalue weighted by molar-refractivity contribution is 5.41. The summed E-state index contributed by atoms with van der Waals surface area (Å²) in [5.41, 5.74) is 3.91. The number of ether oxygens (including phenoxy) is 1. The Morgan fingerprint density at radius 3 is 2.22 bits per heavy atom. The molecule has 1 aliphatic carbocycles. The quantitative estimate of drug-likeness (QED) is 0.311. The average Bonchev–Trinajstić information content (AvgIpc) is 2.81. The van der Waals surface area contributed by atoms with Crippen molar-refractivity contribution in [2.45, 2.75) is 57.3 Å². The van der Waals surface area contributed by atoms with Crippen LogP contribution in [0.25, 0.3) is 0 Å². The summed E-state index contributed by atoms with van der Waals surface area (Å²) in [6.07, 6.45) is 7.19. The summed E-state index contributed by atoms with van der Waals surface area (Å²) in [5.74, 6) is 2.50. The van der Waals surface area contributed by atoms with Gasteiger partial charge < -0.3 is 9.84 Å². The molecule has 5 heteroatoms. The van der Waals surface area contributed by atoms with Crippen molar-refractivity contribution >= 4 is 5.69 Å². The van der Waals surface area contributed by atoms with Crippen LogP contribution in [0.4, 0.5) is 5.69 Å². The highest BCUT2D eigenvalue weighted by Crippen LogP contribution is 2.37. The molecule has 0 spiro atoms. The molecule has 1 atom stereocenters. The van der Waals surface area contributed by atoms with Gasteiger partial charge >= 0.3 is 0 Å². The van der Waals surface area contributed by atoms with Crippen LogP contribution in [-0.4, -0.2) is 10.0 Å². The van der Waals surface area contributed by atoms with Gasteiger partial charge in [-0.25, -0.2) is 0 Å². The van der Waals surface area contributed by atoms with Gasteiger partial charge in [0.25, 0.3) is 5.69 Å². The maximum absolute atomic E-state index is 10.8. The highest BCUT2D eigenvalue weighted by Gasteiger charge is 2.20. The highest BCUT2D eigenvalue weighted by atomic mass is 16.6. The Labute approximate surface area is 188 Å². The second kappa shape index (κ2) is 9.86. The number of rotatable bonds is 7. The van der Waals surface area contributed by atoms with E-state index < -0.39 is 4.92 Å². The van der Waals surface area contributed by atoms with E-state index in [9.17, 15) is 15.2 Å². The molecule has 1 saturated carbocycles. The fourth-order valence-corrected chi connectivity index (χ4v) is 4.65. The molecule has 1 fully saturated rings. The first-order chi connectivity index (χ1) is 15.5. The van der Waals surface area contributed by atoms with Gasteiger partial charge in [0.1, 0.15) is 17.2 Å². The monoisotopic (exact) mass is 431 g/mol. The number of non-ortho nitro benzene ring substituents is 1. The summed E-state index contributed by atoms with van der Waals surface area (Å²) < 4.78 is 5.83. The number of phenols is 1. The third-order valence-electron chi connectivity index (χ3n) is 6.43. The van der Waals surface area contributed by atoms with E-state index in [1.165, 1.54) is 60.9 Å². The largest absolute Gasteiger partial charge is 0.508 e. The number of aromatic hydroxyl groups is 1. The van der Waals surface area contributed by atoms with Crippen LogP contribution in [0.5, 0.6) is 17.2 Å². The molecule has 166 valence electrons. The standard InChI is InChI=1S/C27H29NO4/c1-19(17-22-7-12-24(29)18-27(22)21-5-3-2-4-6-21)20-8-13-25(14-9-20)32-26-15-10-23(11-16-26)28(30)31/h7-16,18-19,21,29H,2-6,17H2,1H3. The molecule has 0 saturated heterocycles. The summed E-state index contributed by atoms with van der Waals surface area (Å²) >= 11 is 0. The van der Waals surface area contributed by atoms with Crippen LogP contribution in [0.15, 0.2) is 66.7 Å². The Morgan fingerprint density at radius 2 is 1.59 bits per heavy atom. The van der Waals surface area contributed by atoms with Gasteiger partial charge in [-0.05, 0) is 84.2 Å². The van der Waals surface area contributed by atoms with Crippen molar-refractivity contribution in [2.24, 2.45) is 0 Å². The van der Waals surface area contributed by atoms with Gasteiger partial charge in [-0.2, -0.15) is 0 Å². The number of nitro benzene ring substituents is 1. The fraction of sp³-hybridized carbons (Fsp3) is 0.333. The lowest BCUT2D eigenvalue weighted by Crippen LogP contribution is -2.09. The van der Waals surface area contributed by atoms with Crippen LogP contribution in [0.2, 0.25) is 0 Å². The van der Waals surface area contributed by atoms with Gasteiger partial charge in [-0.3, -0.25) is 10.1 Å². The van der Waals surface area contributed by atoms with Crippen molar-refractivity contribution in [2.75, 3.05) is 0 Å². The molecule has 4 rings (SSSR count). The zero-order chi connectivity index (χ0) is 22.5. The van der Waals surface area contributed by atoms with Crippen molar-refractivity contribution < 1.29 is 14.8 Å². The fourth-order valence-electron chi connectivity index (χ4n) is 4.65. The summed E-state index contributed by atoms with van der Waals surface area (Å²) in [6, 6.07) is 20.0. The molecule has 1 unspecified atom stereocenters. The molecule has 5 nitrogen and oxygen atoms in total. The summed E-state index contributed by atoms with van der Waals surface area (Å²) in [7, 11) is 0. The molecule has 0 bridgehead atoms. The lowest BCUT2D eigenvalue weighted by molar-refractivity contribution is -0.384. The van der Waals surface area contributed by atoms with Crippen molar-refractivity contribution in [3.63, 3.8) is 0 Å². The van der Waals surface area contributed by atoms with Crippen LogP contribution >= 0.6 is 0 Å². The lowest BCUT2D eigenvalue weighted by Gasteiger charge is -2.25. The number of hydrogen-bond donors (Lipinski definition) is 1. The third kappa shape index (κ3) is 5.28. The first-order valence-electron chi connectivity index (χ1n) is 11.3. The Kier molecular flexibility index (Phi) is 6.74. The predicted octanol–water partition coefficient (Wildman–Crippen LogP) is 7.49. The van der Waals surface area contributed by atoms with Gasteiger partial charge in [0, 0.05) is 12.1 Å². The van der Waals surface area contributed by atoms with Crippen LogP contribution in [-0.2, 0) is 6.42 Å². The molecule has 1 N–H and O–H groups in total. The molecule has 0 aliphatic heterocycles. The number of nitrogens with zero attached hydrogens (tertiary/aromatic N) is 1. The molecule has 3 aromatic carbocycles. The van der Waals surface area contributed by atoms with Gasteiger partial charge in [0.15, 0.2) is 0 Å². The van der Waals surface area contributed by atoms with Crippen molar-refractivity contribution in [3.8, 4) is 17.2 Å². The number of benzene rings is 3. The zero-order valence-electron chi connectivity index (χ0n) is 18.4. The number of phenolic OH excluding ortho intramolecular Hbond substituents is 1. The first-order valence-corrected chi connectivity index (χ1v) is 11.3. The Hall–Kier alpha value is -3.34. The predicted molar refractivity (Wildman–Crippen MR) is 126 cm³/mol. The molecule has 0 aromatic heterocycles. The second-order valence-corrected chi connectivity index (χ2v) is 8.75. The van der Waals surface area contributed by atoms with E-state index in [4.69, 9.17) is 4.74 Å². The normalized spacial score (nSPS) is 15.3. The average molecular weight is 432 g/mol. The van der Waals surface area contributed by atoms with E-state index in [1.807, 2.05) is 18.2 Å². The maximum Gasteiger partial charge on any atom is 0.269 e. The minimum Gasteiger partial charge on any atom is -0.508 e. The van der Waals surface area contributed by atoms with Crippen molar-refractivity contribution in [1.82, 2.24) is 0 Å². The van der Waals surface area contributed by atoms with Gasteiger partial charge in [-0.15, -0.1) is 0 Å². The van der Waals surface area contributed by atoms with Gasteiger partial charge in [0.2, 0.25) is 0 Å². The smallest absolute Gasteiger partial charge is 0.269 e. The molecular weight excluding hydrogens is 402 g/mol. The van der Waals surface area contributed by atoms with E-state index in [0.29, 0.717) is 29.1 Å². The summed E-state index contributed by atoms with van der Waals surface area (Å²) in [6.45, 7) is 2.23. The summed E-state index contributed by atoms with van der Waals surface area (Å²) in [4.78, 5) is 10.4. The Bertz CT molecular complexity index is 1050. The minimum atomic E-state index is -0.423. The topological polar surface area (TPSA) is 72.6 Å². The Morgan fingerprint density at radius 1 is 0.969 bits per heavy atom. The molecule has 3 aromatic rings. The van der Waals surface area contributed by atoms with Gasteiger partial charge in [-0.1, -0.05) is 44.4 Å². The molecule has 0 heterocycles. The van der Waals surface area contributed by atoms with Crippen LogP contribution < -0.4 is 4.74 Å². The molecule has 0 amide bonds. The first kappa shape index (κ1) is 21.9. The number of nitro groups is 1. The molecule has 32 heavy (non-hydrogen) atoms. The van der Waals surface area contributed by atoms with E-state index in [0.717, 1.165) is 6.42 Å². The third-order valence-corrected chi connectivity index (χ3v) is 6.43. The van der Waals surface area contributed by atoms with Crippen LogP contribution in [0, 0.1) is 10.1 Å². The van der Waals surface area contributed by atoms with E-state index in [1.54, 1.807) is 18.2 Å². The van der Waals surface area contributed by atoms with Gasteiger partial charge in [0.05, 0.1) is 4.92 Å². The maximum atomic E-state index is 10.8. The lowest BCUT2D eigenvalue weighted by atomic mass is 9.80. The summed E-state index contributed by atoms with van der Waals surface area (Å²) in [5, 5.41) is 20.8. The SMILES string of the molecule is CC(Cc1ccc(O)cc1C1CCCCC1)c1ccc(Oc2ccc([N+](=O)[O-])cc2)cc1. The van der Waals surface area contributed by atoms with E-state index >= 15 is 0 Å². The molecular formula is C27H29NO4. The van der Waals surface area contributed by atoms with Crippen LogP contribution in [0.1, 0.15) is 67.6 Å². The van der Waals surface area contributed by atoms with E-state index in [2.05, 4.69) is 25.1 Å².